The molecule has 1 atom stereocenters. The molecule has 28 heavy (non-hydrogen) atoms. The molecule has 0 amide bonds. The molecule has 1 N–H and O–H groups in total. The summed E-state index contributed by atoms with van der Waals surface area (Å²) in [4.78, 5) is 2.14. The minimum atomic E-state index is -4.77. The molecule has 0 bridgehead atoms. The van der Waals surface area contributed by atoms with Crippen molar-refractivity contribution < 1.29 is 26.7 Å². The van der Waals surface area contributed by atoms with Crippen LogP contribution in [0.1, 0.15) is 12.5 Å². The van der Waals surface area contributed by atoms with E-state index in [1.165, 1.54) is 39.9 Å². The Morgan fingerprint density at radius 1 is 1.07 bits per heavy atom. The van der Waals surface area contributed by atoms with Crippen molar-refractivity contribution in [3.8, 4) is 0 Å². The second-order valence-corrected chi connectivity index (χ2v) is 10.1. The molecule has 0 radical (unpaired) electrons. The molecule has 1 aromatic heterocycles. The van der Waals surface area contributed by atoms with Crippen molar-refractivity contribution in [2.45, 2.75) is 23.6 Å². The fourth-order valence-corrected chi connectivity index (χ4v) is 6.66. The Balaban J connectivity index is 1.70. The highest BCUT2D eigenvalue weighted by molar-refractivity contribution is 9.10. The van der Waals surface area contributed by atoms with E-state index in [9.17, 15) is 26.7 Å². The van der Waals surface area contributed by atoms with Gasteiger partial charge in [0.05, 0.1) is 0 Å². The van der Waals surface area contributed by atoms with E-state index in [1.54, 1.807) is 10.8 Å². The van der Waals surface area contributed by atoms with Crippen molar-refractivity contribution >= 4 is 43.0 Å². The average Bonchev–Trinajstić information content (AvgIpc) is 3.08. The lowest BCUT2D eigenvalue weighted by atomic mass is 9.95. The zero-order valence-corrected chi connectivity index (χ0v) is 18.0. The van der Waals surface area contributed by atoms with Crippen molar-refractivity contribution in [2.75, 3.05) is 31.1 Å². The molecule has 1 aliphatic heterocycles. The lowest BCUT2D eigenvalue weighted by molar-refractivity contribution is -0.258. The predicted octanol–water partition coefficient (Wildman–Crippen LogP) is 3.79. The van der Waals surface area contributed by atoms with Crippen LogP contribution in [0.5, 0.6) is 0 Å². The molecule has 2 heterocycles. The Morgan fingerprint density at radius 3 is 2.11 bits per heavy atom. The third kappa shape index (κ3) is 3.95. The van der Waals surface area contributed by atoms with E-state index < -0.39 is 21.8 Å². The van der Waals surface area contributed by atoms with E-state index in [2.05, 4.69) is 15.9 Å². The highest BCUT2D eigenvalue weighted by Crippen LogP contribution is 2.39. The number of thiophene rings is 1. The van der Waals surface area contributed by atoms with Gasteiger partial charge in [-0.25, -0.2) is 8.42 Å². The van der Waals surface area contributed by atoms with Crippen LogP contribution < -0.4 is 4.90 Å². The maximum absolute atomic E-state index is 12.9. The summed E-state index contributed by atoms with van der Waals surface area (Å²) < 4.78 is 66.2. The molecule has 1 unspecified atom stereocenters. The van der Waals surface area contributed by atoms with Crippen molar-refractivity contribution in [1.29, 1.82) is 0 Å². The van der Waals surface area contributed by atoms with Gasteiger partial charge in [0.2, 0.25) is 10.0 Å². The van der Waals surface area contributed by atoms with Gasteiger partial charge in [0, 0.05) is 47.1 Å². The van der Waals surface area contributed by atoms with Gasteiger partial charge in [-0.05, 0) is 40.5 Å². The molecule has 11 heteroatoms. The largest absolute Gasteiger partial charge is 0.421 e. The van der Waals surface area contributed by atoms with Crippen molar-refractivity contribution in [3.63, 3.8) is 0 Å². The summed E-state index contributed by atoms with van der Waals surface area (Å²) in [5, 5.41) is 13.0. The maximum Gasteiger partial charge on any atom is 0.421 e. The molecule has 3 rings (SSSR count). The van der Waals surface area contributed by atoms with Gasteiger partial charge in [0.15, 0.2) is 5.60 Å². The Kier molecular flexibility index (Phi) is 5.85. The molecule has 1 fully saturated rings. The number of aliphatic hydroxyl groups is 1. The number of sulfonamides is 1. The number of benzene rings is 1. The van der Waals surface area contributed by atoms with Gasteiger partial charge >= 0.3 is 6.18 Å². The van der Waals surface area contributed by atoms with Gasteiger partial charge in [-0.15, -0.1) is 11.3 Å². The first kappa shape index (κ1) is 21.6. The zero-order valence-electron chi connectivity index (χ0n) is 14.8. The average molecular weight is 499 g/mol. The second kappa shape index (κ2) is 7.60. The van der Waals surface area contributed by atoms with Gasteiger partial charge in [-0.1, -0.05) is 12.1 Å². The van der Waals surface area contributed by atoms with Gasteiger partial charge in [0.25, 0.3) is 0 Å². The number of alkyl halides is 3. The monoisotopic (exact) mass is 498 g/mol. The van der Waals surface area contributed by atoms with Crippen molar-refractivity contribution in [3.05, 3.63) is 45.1 Å². The van der Waals surface area contributed by atoms with Crippen LogP contribution in [-0.4, -0.2) is 50.2 Å². The van der Waals surface area contributed by atoms with Crippen LogP contribution in [0.4, 0.5) is 18.9 Å². The minimum absolute atomic E-state index is 0.240. The van der Waals surface area contributed by atoms with E-state index in [0.717, 1.165) is 0 Å². The summed E-state index contributed by atoms with van der Waals surface area (Å²) in [5.74, 6) is 0. The number of piperazine rings is 1. The van der Waals surface area contributed by atoms with E-state index in [0.29, 0.717) is 30.2 Å². The van der Waals surface area contributed by atoms with Crippen LogP contribution >= 0.6 is 27.3 Å². The maximum atomic E-state index is 12.9. The van der Waals surface area contributed by atoms with Crippen LogP contribution in [0.15, 0.2) is 44.4 Å². The minimum Gasteiger partial charge on any atom is -0.376 e. The van der Waals surface area contributed by atoms with E-state index in [4.69, 9.17) is 0 Å². The summed E-state index contributed by atoms with van der Waals surface area (Å²) in [6.45, 7) is 2.08. The van der Waals surface area contributed by atoms with Crippen molar-refractivity contribution in [2.24, 2.45) is 0 Å². The first-order valence-electron chi connectivity index (χ1n) is 8.31. The Morgan fingerprint density at radius 2 is 1.64 bits per heavy atom. The van der Waals surface area contributed by atoms with Crippen molar-refractivity contribution in [1.82, 2.24) is 4.31 Å². The molecule has 0 aliphatic carbocycles. The second-order valence-electron chi connectivity index (χ2n) is 6.59. The molecule has 0 saturated carbocycles. The molecule has 5 nitrogen and oxygen atoms in total. The Hall–Kier alpha value is -1.14. The molecule has 0 spiro atoms. The molecule has 2 aromatic rings. The summed E-state index contributed by atoms with van der Waals surface area (Å²) in [6.07, 6.45) is -4.77. The first-order valence-corrected chi connectivity index (χ1v) is 11.5. The van der Waals surface area contributed by atoms with Gasteiger partial charge in [0.1, 0.15) is 4.90 Å². The van der Waals surface area contributed by atoms with Crippen LogP contribution in [0.3, 0.4) is 0 Å². The Bertz CT molecular complexity index is 935. The smallest absolute Gasteiger partial charge is 0.376 e. The molecular weight excluding hydrogens is 481 g/mol. The van der Waals surface area contributed by atoms with Gasteiger partial charge in [-0.2, -0.15) is 17.5 Å². The Labute approximate surface area is 173 Å². The number of hydrogen-bond donors (Lipinski definition) is 1. The lowest BCUT2D eigenvalue weighted by Gasteiger charge is -2.35. The van der Waals surface area contributed by atoms with Gasteiger partial charge < -0.3 is 10.0 Å². The SMILES string of the molecule is CC(O)(c1ccc(N2CCN(S(=O)(=O)c3cscc3Br)CC2)cc1)C(F)(F)F. The van der Waals surface area contributed by atoms with Crippen LogP contribution in [0.25, 0.3) is 0 Å². The summed E-state index contributed by atoms with van der Waals surface area (Å²) in [5.41, 5.74) is -2.49. The predicted molar refractivity (Wildman–Crippen MR) is 105 cm³/mol. The first-order chi connectivity index (χ1) is 12.9. The number of nitrogens with zero attached hydrogens (tertiary/aromatic N) is 2. The summed E-state index contributed by atoms with van der Waals surface area (Å²) in [6, 6.07) is 5.51. The van der Waals surface area contributed by atoms with Crippen LogP contribution in [0.2, 0.25) is 0 Å². The molecular formula is C17H18BrF3N2O3S2. The van der Waals surface area contributed by atoms with E-state index >= 15 is 0 Å². The third-order valence-electron chi connectivity index (χ3n) is 4.78. The molecule has 1 saturated heterocycles. The quantitative estimate of drug-likeness (QED) is 0.696. The number of rotatable bonds is 4. The highest BCUT2D eigenvalue weighted by Gasteiger charge is 2.51. The van der Waals surface area contributed by atoms with Crippen LogP contribution in [0, 0.1) is 0 Å². The normalized spacial score (nSPS) is 18.9. The standard InChI is InChI=1S/C17H18BrF3N2O3S2/c1-16(24,17(19,20)21)12-2-4-13(5-3-12)22-6-8-23(9-7-22)28(25,26)15-11-27-10-14(15)18/h2-5,10-11,24H,6-9H2,1H3. The fourth-order valence-electron chi connectivity index (χ4n) is 2.94. The number of halogens is 4. The lowest BCUT2D eigenvalue weighted by Crippen LogP contribution is -2.48. The van der Waals surface area contributed by atoms with E-state index in [-0.39, 0.29) is 23.5 Å². The number of anilines is 1. The molecule has 1 aliphatic rings. The van der Waals surface area contributed by atoms with Crippen LogP contribution in [-0.2, 0) is 15.6 Å². The fraction of sp³-hybridized carbons (Fsp3) is 0.412. The third-order valence-corrected chi connectivity index (χ3v) is 8.84. The zero-order chi connectivity index (χ0) is 20.7. The topological polar surface area (TPSA) is 60.9 Å². The molecule has 1 aromatic carbocycles. The number of hydrogen-bond acceptors (Lipinski definition) is 5. The van der Waals surface area contributed by atoms with Gasteiger partial charge in [-0.3, -0.25) is 0 Å². The molecule has 154 valence electrons. The summed E-state index contributed by atoms with van der Waals surface area (Å²) >= 11 is 4.54. The highest BCUT2D eigenvalue weighted by atomic mass is 79.9. The van der Waals surface area contributed by atoms with E-state index in [1.807, 2.05) is 4.90 Å². The summed E-state index contributed by atoms with van der Waals surface area (Å²) in [7, 11) is -3.59.